The molecule has 2 N–H and O–H groups in total. The first-order valence-corrected chi connectivity index (χ1v) is 8.83. The summed E-state index contributed by atoms with van der Waals surface area (Å²) >= 11 is 5.68. The number of rotatable bonds is 4. The van der Waals surface area contributed by atoms with Crippen molar-refractivity contribution in [1.29, 1.82) is 0 Å². The molecule has 0 spiro atoms. The van der Waals surface area contributed by atoms with Gasteiger partial charge in [-0.25, -0.2) is 12.8 Å². The van der Waals surface area contributed by atoms with Crippen molar-refractivity contribution in [1.82, 2.24) is 4.31 Å². The Morgan fingerprint density at radius 2 is 2.05 bits per heavy atom. The number of nitrogens with zero attached hydrogens (tertiary/aromatic N) is 1. The first-order chi connectivity index (χ1) is 9.87. The lowest BCUT2D eigenvalue weighted by atomic mass is 9.85. The van der Waals surface area contributed by atoms with Crippen LogP contribution in [0.25, 0.3) is 0 Å². The molecule has 0 bridgehead atoms. The summed E-state index contributed by atoms with van der Waals surface area (Å²) in [4.78, 5) is -0.337. The summed E-state index contributed by atoms with van der Waals surface area (Å²) in [5.41, 5.74) is 5.75. The summed E-state index contributed by atoms with van der Waals surface area (Å²) in [5.74, 6) is -0.705. The minimum Gasteiger partial charge on any atom is -0.330 e. The molecule has 1 aromatic rings. The molecular weight excluding hydrogens is 315 g/mol. The maximum atomic E-state index is 13.9. The van der Waals surface area contributed by atoms with E-state index in [1.54, 1.807) is 0 Å². The molecular formula is C14H20ClFN2O2S. The van der Waals surface area contributed by atoms with E-state index in [9.17, 15) is 12.8 Å². The Labute approximate surface area is 130 Å². The van der Waals surface area contributed by atoms with Gasteiger partial charge in [-0.15, -0.1) is 0 Å². The van der Waals surface area contributed by atoms with Crippen LogP contribution in [0.4, 0.5) is 4.39 Å². The Kier molecular flexibility index (Phi) is 5.24. The van der Waals surface area contributed by atoms with E-state index in [0.29, 0.717) is 6.54 Å². The molecule has 2 rings (SSSR count). The fraction of sp³-hybridized carbons (Fsp3) is 0.571. The molecule has 1 aliphatic rings. The van der Waals surface area contributed by atoms with Crippen LogP contribution in [0.15, 0.2) is 23.1 Å². The lowest BCUT2D eigenvalue weighted by Gasteiger charge is -2.36. The molecule has 21 heavy (non-hydrogen) atoms. The fourth-order valence-corrected chi connectivity index (χ4v) is 4.61. The lowest BCUT2D eigenvalue weighted by Crippen LogP contribution is -2.46. The maximum Gasteiger partial charge on any atom is 0.245 e. The van der Waals surface area contributed by atoms with Crippen LogP contribution in [0.5, 0.6) is 0 Å². The van der Waals surface area contributed by atoms with Crippen LogP contribution >= 0.6 is 11.6 Å². The van der Waals surface area contributed by atoms with Gasteiger partial charge in [0.25, 0.3) is 0 Å². The Morgan fingerprint density at radius 1 is 1.38 bits per heavy atom. The van der Waals surface area contributed by atoms with Crippen molar-refractivity contribution in [3.63, 3.8) is 0 Å². The summed E-state index contributed by atoms with van der Waals surface area (Å²) in [7, 11) is -2.38. The topological polar surface area (TPSA) is 63.4 Å². The molecule has 2 unspecified atom stereocenters. The average molecular weight is 335 g/mol. The number of hydrogen-bond donors (Lipinski definition) is 1. The number of nitrogens with two attached hydrogens (primary N) is 1. The fourth-order valence-electron chi connectivity index (χ4n) is 2.96. The maximum absolute atomic E-state index is 13.9. The molecule has 118 valence electrons. The highest BCUT2D eigenvalue weighted by atomic mass is 35.5. The monoisotopic (exact) mass is 334 g/mol. The van der Waals surface area contributed by atoms with Gasteiger partial charge in [-0.05, 0) is 43.5 Å². The van der Waals surface area contributed by atoms with E-state index in [-0.39, 0.29) is 21.9 Å². The lowest BCUT2D eigenvalue weighted by molar-refractivity contribution is 0.204. The third kappa shape index (κ3) is 3.39. The molecule has 4 nitrogen and oxygen atoms in total. The third-order valence-corrected chi connectivity index (χ3v) is 6.34. The van der Waals surface area contributed by atoms with E-state index in [1.807, 2.05) is 0 Å². The summed E-state index contributed by atoms with van der Waals surface area (Å²) < 4.78 is 40.5. The highest BCUT2D eigenvalue weighted by Gasteiger charge is 2.35. The van der Waals surface area contributed by atoms with E-state index < -0.39 is 15.8 Å². The Balaban J connectivity index is 2.33. The van der Waals surface area contributed by atoms with E-state index in [4.69, 9.17) is 17.3 Å². The molecule has 0 aliphatic heterocycles. The molecule has 1 aliphatic carbocycles. The predicted molar refractivity (Wildman–Crippen MR) is 81.2 cm³/mol. The van der Waals surface area contributed by atoms with Crippen molar-refractivity contribution in [2.24, 2.45) is 11.7 Å². The largest absolute Gasteiger partial charge is 0.330 e. The zero-order valence-electron chi connectivity index (χ0n) is 11.9. The Hall–Kier alpha value is -0.690. The van der Waals surface area contributed by atoms with Gasteiger partial charge in [0.1, 0.15) is 10.7 Å². The zero-order chi connectivity index (χ0) is 15.6. The van der Waals surface area contributed by atoms with Gasteiger partial charge in [0.15, 0.2) is 0 Å². The minimum absolute atomic E-state index is 0.119. The molecule has 1 fully saturated rings. The summed E-state index contributed by atoms with van der Waals surface area (Å²) in [5, 5.41) is 0.173. The van der Waals surface area contributed by atoms with Gasteiger partial charge < -0.3 is 5.73 Å². The number of benzene rings is 1. The van der Waals surface area contributed by atoms with Crippen molar-refractivity contribution in [2.45, 2.75) is 36.6 Å². The van der Waals surface area contributed by atoms with Crippen LogP contribution in [0, 0.1) is 11.7 Å². The summed E-state index contributed by atoms with van der Waals surface area (Å²) in [6.07, 6.45) is 3.68. The van der Waals surface area contributed by atoms with Gasteiger partial charge >= 0.3 is 0 Å². The second-order valence-electron chi connectivity index (χ2n) is 5.44. The summed E-state index contributed by atoms with van der Waals surface area (Å²) in [6.45, 7) is 0.438. The van der Waals surface area contributed by atoms with Crippen molar-refractivity contribution in [2.75, 3.05) is 13.6 Å². The predicted octanol–water partition coefficient (Wildman–Crippen LogP) is 2.62. The zero-order valence-corrected chi connectivity index (χ0v) is 13.5. The van der Waals surface area contributed by atoms with E-state index in [2.05, 4.69) is 0 Å². The van der Waals surface area contributed by atoms with Crippen molar-refractivity contribution in [3.05, 3.63) is 29.0 Å². The smallest absolute Gasteiger partial charge is 0.245 e. The standard InChI is InChI=1S/C14H20ClFN2O2S/c1-18(13-5-3-2-4-10(13)9-17)21(19,20)14-7-6-11(15)8-12(14)16/h6-8,10,13H,2-5,9,17H2,1H3. The first-order valence-electron chi connectivity index (χ1n) is 7.01. The molecule has 7 heteroatoms. The van der Waals surface area contributed by atoms with Crippen molar-refractivity contribution in [3.8, 4) is 0 Å². The van der Waals surface area contributed by atoms with Gasteiger partial charge in [-0.1, -0.05) is 24.4 Å². The van der Waals surface area contributed by atoms with Crippen molar-refractivity contribution >= 4 is 21.6 Å². The van der Waals surface area contributed by atoms with Crippen LogP contribution in [0.2, 0.25) is 5.02 Å². The Morgan fingerprint density at radius 3 is 2.67 bits per heavy atom. The van der Waals surface area contributed by atoms with E-state index >= 15 is 0 Å². The average Bonchev–Trinajstić information content (AvgIpc) is 2.46. The van der Waals surface area contributed by atoms with Gasteiger partial charge in [-0.3, -0.25) is 0 Å². The van der Waals surface area contributed by atoms with E-state index in [1.165, 1.54) is 23.5 Å². The highest BCUT2D eigenvalue weighted by Crippen LogP contribution is 2.31. The molecule has 2 atom stereocenters. The highest BCUT2D eigenvalue weighted by molar-refractivity contribution is 7.89. The molecule has 0 amide bonds. The second kappa shape index (κ2) is 6.60. The van der Waals surface area contributed by atoms with Crippen LogP contribution < -0.4 is 5.73 Å². The normalized spacial score (nSPS) is 23.5. The van der Waals surface area contributed by atoms with Gasteiger partial charge in [-0.2, -0.15) is 4.31 Å². The van der Waals surface area contributed by atoms with Gasteiger partial charge in [0.2, 0.25) is 10.0 Å². The minimum atomic E-state index is -3.88. The second-order valence-corrected chi connectivity index (χ2v) is 7.85. The molecule has 1 aromatic carbocycles. The molecule has 0 aromatic heterocycles. The molecule has 0 heterocycles. The van der Waals surface area contributed by atoms with Crippen LogP contribution in [-0.4, -0.2) is 32.4 Å². The van der Waals surface area contributed by atoms with Gasteiger partial charge in [0, 0.05) is 18.1 Å². The molecule has 0 saturated heterocycles. The van der Waals surface area contributed by atoms with Crippen molar-refractivity contribution < 1.29 is 12.8 Å². The molecule has 1 saturated carbocycles. The number of halogens is 2. The number of hydrogen-bond acceptors (Lipinski definition) is 3. The number of sulfonamides is 1. The third-order valence-electron chi connectivity index (χ3n) is 4.19. The quantitative estimate of drug-likeness (QED) is 0.920. The van der Waals surface area contributed by atoms with Crippen LogP contribution in [0.3, 0.4) is 0 Å². The van der Waals surface area contributed by atoms with E-state index in [0.717, 1.165) is 31.7 Å². The van der Waals surface area contributed by atoms with Gasteiger partial charge in [0.05, 0.1) is 0 Å². The van der Waals surface area contributed by atoms with Crippen LogP contribution in [0.1, 0.15) is 25.7 Å². The Bertz CT molecular complexity index is 609. The van der Waals surface area contributed by atoms with Crippen LogP contribution in [-0.2, 0) is 10.0 Å². The molecule has 0 radical (unpaired) electrons. The summed E-state index contributed by atoms with van der Waals surface area (Å²) in [6, 6.07) is 3.43. The SMILES string of the molecule is CN(C1CCCCC1CN)S(=O)(=O)c1ccc(Cl)cc1F. The first kappa shape index (κ1) is 16.7.